The van der Waals surface area contributed by atoms with Crippen molar-refractivity contribution in [2.45, 2.75) is 19.6 Å². The number of carbonyl (C=O) groups is 1. The average molecular weight is 351 g/mol. The predicted octanol–water partition coefficient (Wildman–Crippen LogP) is 5.39. The predicted molar refractivity (Wildman–Crippen MR) is 97.6 cm³/mol. The van der Waals surface area contributed by atoms with Gasteiger partial charge in [0.2, 0.25) is 5.78 Å². The van der Waals surface area contributed by atoms with Gasteiger partial charge in [0.1, 0.15) is 0 Å². The highest BCUT2D eigenvalue weighted by Crippen LogP contribution is 2.31. The molecule has 0 saturated carbocycles. The number of hydrogen-bond acceptors (Lipinski definition) is 3. The fourth-order valence-corrected chi connectivity index (χ4v) is 7.41. The SMILES string of the molecule is C[Si](C)(C)c1c(C(=O)c2cccs2)sc2ccc(Cl)cc12. The summed E-state index contributed by atoms with van der Waals surface area (Å²) in [6, 6.07) is 9.76. The van der Waals surface area contributed by atoms with E-state index in [1.165, 1.54) is 16.5 Å². The van der Waals surface area contributed by atoms with Gasteiger partial charge >= 0.3 is 0 Å². The summed E-state index contributed by atoms with van der Waals surface area (Å²) < 4.78 is 1.15. The lowest BCUT2D eigenvalue weighted by Gasteiger charge is -2.17. The van der Waals surface area contributed by atoms with Gasteiger partial charge in [-0.2, -0.15) is 0 Å². The zero-order chi connectivity index (χ0) is 15.2. The second-order valence-electron chi connectivity index (χ2n) is 6.00. The Kier molecular flexibility index (Phi) is 3.82. The highest BCUT2D eigenvalue weighted by atomic mass is 35.5. The largest absolute Gasteiger partial charge is 0.287 e. The topological polar surface area (TPSA) is 17.1 Å². The standard InChI is InChI=1S/C16H15ClOS2Si/c1-21(2,3)16-11-9-10(17)6-7-12(11)20-15(16)14(18)13-5-4-8-19-13/h4-9H,1-3H3. The molecule has 1 aromatic carbocycles. The molecule has 1 nitrogen and oxygen atoms in total. The maximum Gasteiger partial charge on any atom is 0.212 e. The van der Waals surface area contributed by atoms with Gasteiger partial charge in [0, 0.05) is 9.72 Å². The summed E-state index contributed by atoms with van der Waals surface area (Å²) in [4.78, 5) is 14.5. The first-order valence-corrected chi connectivity index (χ1v) is 12.3. The number of benzene rings is 1. The van der Waals surface area contributed by atoms with E-state index in [-0.39, 0.29) is 5.78 Å². The van der Waals surface area contributed by atoms with Crippen LogP contribution in [0.25, 0.3) is 10.1 Å². The molecule has 0 unspecified atom stereocenters. The van der Waals surface area contributed by atoms with E-state index in [0.29, 0.717) is 0 Å². The van der Waals surface area contributed by atoms with E-state index in [0.717, 1.165) is 24.9 Å². The minimum absolute atomic E-state index is 0.153. The first-order chi connectivity index (χ1) is 9.88. The van der Waals surface area contributed by atoms with Crippen molar-refractivity contribution < 1.29 is 4.79 Å². The number of rotatable bonds is 3. The van der Waals surface area contributed by atoms with Gasteiger partial charge in [-0.25, -0.2) is 0 Å². The molecule has 0 radical (unpaired) electrons. The van der Waals surface area contributed by atoms with E-state index in [9.17, 15) is 4.79 Å². The number of halogens is 1. The van der Waals surface area contributed by atoms with Crippen LogP contribution >= 0.6 is 34.3 Å². The van der Waals surface area contributed by atoms with Crippen molar-refractivity contribution in [2.75, 3.05) is 0 Å². The van der Waals surface area contributed by atoms with Gasteiger partial charge in [0.25, 0.3) is 0 Å². The molecule has 21 heavy (non-hydrogen) atoms. The van der Waals surface area contributed by atoms with Gasteiger partial charge < -0.3 is 0 Å². The summed E-state index contributed by atoms with van der Waals surface area (Å²) in [7, 11) is -1.65. The lowest BCUT2D eigenvalue weighted by atomic mass is 10.2. The molecule has 2 aromatic heterocycles. The number of ketones is 1. The van der Waals surface area contributed by atoms with E-state index in [4.69, 9.17) is 11.6 Å². The van der Waals surface area contributed by atoms with Crippen molar-refractivity contribution in [3.8, 4) is 0 Å². The minimum Gasteiger partial charge on any atom is -0.287 e. The number of fused-ring (bicyclic) bond motifs is 1. The zero-order valence-electron chi connectivity index (χ0n) is 12.1. The lowest BCUT2D eigenvalue weighted by molar-refractivity contribution is 0.104. The zero-order valence-corrected chi connectivity index (χ0v) is 15.5. The molecule has 0 aliphatic rings. The Morgan fingerprint density at radius 2 is 1.95 bits per heavy atom. The average Bonchev–Trinajstić information content (AvgIpc) is 3.03. The summed E-state index contributed by atoms with van der Waals surface area (Å²) >= 11 is 9.27. The number of hydrogen-bond donors (Lipinski definition) is 0. The molecule has 0 spiro atoms. The lowest BCUT2D eigenvalue weighted by Crippen LogP contribution is -2.40. The van der Waals surface area contributed by atoms with Crippen molar-refractivity contribution in [1.29, 1.82) is 0 Å². The Hall–Kier alpha value is -0.943. The molecule has 0 fully saturated rings. The molecule has 0 aliphatic heterocycles. The van der Waals surface area contributed by atoms with Crippen LogP contribution in [-0.2, 0) is 0 Å². The van der Waals surface area contributed by atoms with Gasteiger partial charge in [-0.15, -0.1) is 22.7 Å². The van der Waals surface area contributed by atoms with Crippen LogP contribution in [-0.4, -0.2) is 13.9 Å². The summed E-state index contributed by atoms with van der Waals surface area (Å²) in [6.45, 7) is 6.84. The summed E-state index contributed by atoms with van der Waals surface area (Å²) in [5, 5.41) is 5.08. The van der Waals surface area contributed by atoms with Crippen LogP contribution in [0.1, 0.15) is 14.5 Å². The molecular weight excluding hydrogens is 336 g/mol. The van der Waals surface area contributed by atoms with Gasteiger partial charge in [0.15, 0.2) is 0 Å². The van der Waals surface area contributed by atoms with Crippen molar-refractivity contribution in [3.05, 3.63) is 50.5 Å². The molecule has 0 saturated heterocycles. The fourth-order valence-electron chi connectivity index (χ4n) is 2.49. The maximum absolute atomic E-state index is 12.8. The molecule has 0 bridgehead atoms. The number of thiophene rings is 2. The monoisotopic (exact) mass is 350 g/mol. The van der Waals surface area contributed by atoms with E-state index < -0.39 is 8.07 Å². The summed E-state index contributed by atoms with van der Waals surface area (Å²) in [5.74, 6) is 0.153. The first-order valence-electron chi connectivity index (χ1n) is 6.68. The van der Waals surface area contributed by atoms with E-state index in [1.54, 1.807) is 11.3 Å². The molecule has 0 atom stereocenters. The smallest absolute Gasteiger partial charge is 0.212 e. The molecule has 108 valence electrons. The Morgan fingerprint density at radius 1 is 1.19 bits per heavy atom. The highest BCUT2D eigenvalue weighted by molar-refractivity contribution is 7.24. The van der Waals surface area contributed by atoms with E-state index >= 15 is 0 Å². The summed E-state index contributed by atoms with van der Waals surface area (Å²) in [6.07, 6.45) is 0. The molecule has 0 aliphatic carbocycles. The third-order valence-corrected chi connectivity index (χ3v) is 7.83. The molecule has 5 heteroatoms. The van der Waals surface area contributed by atoms with Gasteiger partial charge in [0.05, 0.1) is 17.8 Å². The second-order valence-corrected chi connectivity index (χ2v) is 13.4. The molecule has 0 N–H and O–H groups in total. The van der Waals surface area contributed by atoms with Crippen LogP contribution in [0.2, 0.25) is 24.7 Å². The third kappa shape index (κ3) is 2.73. The second kappa shape index (κ2) is 5.36. The Labute approximate surface area is 138 Å². The third-order valence-electron chi connectivity index (χ3n) is 3.35. The first kappa shape index (κ1) is 15.0. The van der Waals surface area contributed by atoms with Crippen molar-refractivity contribution in [2.24, 2.45) is 0 Å². The Bertz CT molecular complexity index is 813. The fraction of sp³-hybridized carbons (Fsp3) is 0.188. The molecule has 2 heterocycles. The number of carbonyl (C=O) groups excluding carboxylic acids is 1. The van der Waals surface area contributed by atoms with Crippen molar-refractivity contribution in [1.82, 2.24) is 0 Å². The van der Waals surface area contributed by atoms with Crippen LogP contribution in [0.3, 0.4) is 0 Å². The quantitative estimate of drug-likeness (QED) is 0.457. The van der Waals surface area contributed by atoms with Gasteiger partial charge in [-0.1, -0.05) is 37.3 Å². The van der Waals surface area contributed by atoms with Crippen LogP contribution < -0.4 is 5.19 Å². The normalized spacial score (nSPS) is 12.0. The Morgan fingerprint density at radius 3 is 2.57 bits per heavy atom. The van der Waals surface area contributed by atoms with Crippen LogP contribution in [0, 0.1) is 0 Å². The van der Waals surface area contributed by atoms with Crippen LogP contribution in [0.4, 0.5) is 0 Å². The maximum atomic E-state index is 12.8. The Balaban J connectivity index is 2.30. The summed E-state index contributed by atoms with van der Waals surface area (Å²) in [5.41, 5.74) is 0. The molecule has 0 amide bonds. The molecule has 3 rings (SSSR count). The molecule has 3 aromatic rings. The van der Waals surface area contributed by atoms with Gasteiger partial charge in [-0.3, -0.25) is 4.79 Å². The highest BCUT2D eigenvalue weighted by Gasteiger charge is 2.29. The molecular formula is C16H15ClOS2Si. The van der Waals surface area contributed by atoms with E-state index in [2.05, 4.69) is 19.6 Å². The van der Waals surface area contributed by atoms with Gasteiger partial charge in [-0.05, 0) is 40.2 Å². The van der Waals surface area contributed by atoms with Crippen LogP contribution in [0.5, 0.6) is 0 Å². The van der Waals surface area contributed by atoms with E-state index in [1.807, 2.05) is 35.7 Å². The van der Waals surface area contributed by atoms with Crippen molar-refractivity contribution in [3.63, 3.8) is 0 Å². The van der Waals surface area contributed by atoms with Crippen LogP contribution in [0.15, 0.2) is 35.7 Å². The minimum atomic E-state index is -1.65. The van der Waals surface area contributed by atoms with Crippen molar-refractivity contribution >= 4 is 63.4 Å².